The zero-order valence-corrected chi connectivity index (χ0v) is 12.8. The van der Waals surface area contributed by atoms with Gasteiger partial charge in [0.05, 0.1) is 17.6 Å². The van der Waals surface area contributed by atoms with E-state index in [9.17, 15) is 14.7 Å². The van der Waals surface area contributed by atoms with Crippen LogP contribution in [0.25, 0.3) is 0 Å². The Balaban J connectivity index is 1.86. The summed E-state index contributed by atoms with van der Waals surface area (Å²) < 4.78 is 5.70. The largest absolute Gasteiger partial charge is 0.481 e. The molecular weight excluding hydrogens is 282 g/mol. The van der Waals surface area contributed by atoms with Crippen LogP contribution in [0.15, 0.2) is 30.4 Å². The number of carboxylic acid groups (broad SMARTS) is 1. The molecule has 0 aliphatic carbocycles. The standard InChI is InChI=1S/C17H19NO4/c1-9-4-5-11(8-10(9)2)18-15(19)14-13(16(20)21)12-6-7-17(14,3)22-12/h4-8,12-14H,1-3H3,(H,18,19)(H,20,21)/t12-,13+,14-,17-/m1/s1. The number of carboxylic acids is 1. The third-order valence-corrected chi connectivity index (χ3v) is 4.68. The fourth-order valence-electron chi connectivity index (χ4n) is 3.32. The van der Waals surface area contributed by atoms with Gasteiger partial charge in [-0.2, -0.15) is 0 Å². The molecule has 2 aliphatic rings. The molecule has 1 saturated heterocycles. The zero-order valence-electron chi connectivity index (χ0n) is 12.8. The molecule has 116 valence electrons. The summed E-state index contributed by atoms with van der Waals surface area (Å²) >= 11 is 0. The molecule has 1 aromatic carbocycles. The maximum absolute atomic E-state index is 12.6. The number of amides is 1. The Bertz CT molecular complexity index is 681. The molecule has 0 aromatic heterocycles. The fourth-order valence-corrected chi connectivity index (χ4v) is 3.32. The molecule has 0 saturated carbocycles. The maximum Gasteiger partial charge on any atom is 0.310 e. The molecule has 2 bridgehead atoms. The molecule has 5 heteroatoms. The summed E-state index contributed by atoms with van der Waals surface area (Å²) in [7, 11) is 0. The molecule has 0 spiro atoms. The number of carbonyl (C=O) groups excluding carboxylic acids is 1. The first-order chi connectivity index (χ1) is 10.3. The Labute approximate surface area is 129 Å². The normalized spacial score (nSPS) is 32.2. The Morgan fingerprint density at radius 2 is 2.00 bits per heavy atom. The highest BCUT2D eigenvalue weighted by atomic mass is 16.5. The Kier molecular flexibility index (Phi) is 3.33. The first kappa shape index (κ1) is 14.8. The number of nitrogens with one attached hydrogen (secondary N) is 1. The number of rotatable bonds is 3. The van der Waals surface area contributed by atoms with Gasteiger partial charge < -0.3 is 15.2 Å². The average Bonchev–Trinajstić information content (AvgIpc) is 2.95. The van der Waals surface area contributed by atoms with Crippen molar-refractivity contribution in [1.29, 1.82) is 0 Å². The second kappa shape index (κ2) is 4.95. The molecule has 1 amide bonds. The second-order valence-electron chi connectivity index (χ2n) is 6.26. The van der Waals surface area contributed by atoms with E-state index < -0.39 is 29.5 Å². The SMILES string of the molecule is Cc1ccc(NC(=O)[C@H]2[C@@H](C(=O)O)[C@H]3C=C[C@@]2(C)O3)cc1C. The van der Waals surface area contributed by atoms with E-state index >= 15 is 0 Å². The van der Waals surface area contributed by atoms with Crippen molar-refractivity contribution in [2.75, 3.05) is 5.32 Å². The van der Waals surface area contributed by atoms with Crippen molar-refractivity contribution in [3.05, 3.63) is 41.5 Å². The summed E-state index contributed by atoms with van der Waals surface area (Å²) in [6, 6.07) is 5.63. The third kappa shape index (κ3) is 2.22. The van der Waals surface area contributed by atoms with Crippen molar-refractivity contribution in [3.8, 4) is 0 Å². The van der Waals surface area contributed by atoms with Crippen LogP contribution in [0.5, 0.6) is 0 Å². The van der Waals surface area contributed by atoms with Gasteiger partial charge >= 0.3 is 5.97 Å². The predicted molar refractivity (Wildman–Crippen MR) is 81.6 cm³/mol. The van der Waals surface area contributed by atoms with Crippen LogP contribution in [0.2, 0.25) is 0 Å². The maximum atomic E-state index is 12.6. The van der Waals surface area contributed by atoms with Crippen LogP contribution >= 0.6 is 0 Å². The van der Waals surface area contributed by atoms with E-state index in [1.807, 2.05) is 32.0 Å². The fraction of sp³-hybridized carbons (Fsp3) is 0.412. The number of benzene rings is 1. The third-order valence-electron chi connectivity index (χ3n) is 4.68. The van der Waals surface area contributed by atoms with Gasteiger partial charge in [-0.05, 0) is 44.0 Å². The van der Waals surface area contributed by atoms with Crippen molar-refractivity contribution in [3.63, 3.8) is 0 Å². The first-order valence-corrected chi connectivity index (χ1v) is 7.30. The summed E-state index contributed by atoms with van der Waals surface area (Å²) in [5.41, 5.74) is 2.03. The van der Waals surface area contributed by atoms with E-state index in [4.69, 9.17) is 4.74 Å². The quantitative estimate of drug-likeness (QED) is 0.840. The highest BCUT2D eigenvalue weighted by Crippen LogP contribution is 2.47. The van der Waals surface area contributed by atoms with E-state index in [-0.39, 0.29) is 5.91 Å². The van der Waals surface area contributed by atoms with Crippen molar-refractivity contribution >= 4 is 17.6 Å². The second-order valence-corrected chi connectivity index (χ2v) is 6.26. The van der Waals surface area contributed by atoms with E-state index in [0.717, 1.165) is 11.1 Å². The van der Waals surface area contributed by atoms with Gasteiger partial charge in [0.25, 0.3) is 0 Å². The van der Waals surface area contributed by atoms with Crippen LogP contribution in [0.4, 0.5) is 5.69 Å². The van der Waals surface area contributed by atoms with Crippen molar-refractivity contribution in [2.24, 2.45) is 11.8 Å². The molecule has 2 heterocycles. The molecule has 1 aromatic rings. The first-order valence-electron chi connectivity index (χ1n) is 7.30. The van der Waals surface area contributed by atoms with Crippen LogP contribution < -0.4 is 5.32 Å². The van der Waals surface area contributed by atoms with Crippen LogP contribution in [0.3, 0.4) is 0 Å². The lowest BCUT2D eigenvalue weighted by Gasteiger charge is -2.27. The summed E-state index contributed by atoms with van der Waals surface area (Å²) in [4.78, 5) is 24.1. The number of fused-ring (bicyclic) bond motifs is 2. The summed E-state index contributed by atoms with van der Waals surface area (Å²) in [6.07, 6.45) is 3.00. The number of aryl methyl sites for hydroxylation is 2. The van der Waals surface area contributed by atoms with E-state index in [0.29, 0.717) is 5.69 Å². The van der Waals surface area contributed by atoms with Gasteiger partial charge in [0.2, 0.25) is 5.91 Å². The molecule has 4 atom stereocenters. The van der Waals surface area contributed by atoms with Crippen molar-refractivity contribution < 1.29 is 19.4 Å². The minimum atomic E-state index is -1.00. The number of hydrogen-bond acceptors (Lipinski definition) is 3. The van der Waals surface area contributed by atoms with Crippen molar-refractivity contribution in [2.45, 2.75) is 32.5 Å². The zero-order chi connectivity index (χ0) is 16.1. The number of aliphatic carboxylic acids is 1. The van der Waals surface area contributed by atoms with E-state index in [2.05, 4.69) is 5.32 Å². The highest BCUT2D eigenvalue weighted by molar-refractivity contribution is 5.97. The predicted octanol–water partition coefficient (Wildman–Crippen LogP) is 2.29. The van der Waals surface area contributed by atoms with Gasteiger partial charge in [0.1, 0.15) is 5.92 Å². The van der Waals surface area contributed by atoms with Crippen LogP contribution in [0.1, 0.15) is 18.1 Å². The minimum absolute atomic E-state index is 0.315. The molecule has 0 unspecified atom stereocenters. The van der Waals surface area contributed by atoms with E-state index in [1.165, 1.54) is 0 Å². The van der Waals surface area contributed by atoms with Crippen LogP contribution in [-0.2, 0) is 14.3 Å². The van der Waals surface area contributed by atoms with Gasteiger partial charge in [-0.25, -0.2) is 0 Å². The molecule has 5 nitrogen and oxygen atoms in total. The lowest BCUT2D eigenvalue weighted by molar-refractivity contribution is -0.146. The molecule has 1 fully saturated rings. The monoisotopic (exact) mass is 301 g/mol. The summed E-state index contributed by atoms with van der Waals surface area (Å²) in [5, 5.41) is 12.3. The number of anilines is 1. The Morgan fingerprint density at radius 1 is 1.27 bits per heavy atom. The smallest absolute Gasteiger partial charge is 0.310 e. The number of hydrogen-bond donors (Lipinski definition) is 2. The molecule has 0 radical (unpaired) electrons. The summed E-state index contributed by atoms with van der Waals surface area (Å²) in [6.45, 7) is 5.73. The Hall–Kier alpha value is -2.14. The number of carbonyl (C=O) groups is 2. The number of ether oxygens (including phenoxy) is 1. The topological polar surface area (TPSA) is 75.6 Å². The van der Waals surface area contributed by atoms with Crippen LogP contribution in [0, 0.1) is 25.7 Å². The minimum Gasteiger partial charge on any atom is -0.481 e. The lowest BCUT2D eigenvalue weighted by atomic mass is 9.75. The van der Waals surface area contributed by atoms with Crippen LogP contribution in [-0.4, -0.2) is 28.7 Å². The molecule has 3 rings (SSSR count). The van der Waals surface area contributed by atoms with E-state index in [1.54, 1.807) is 19.1 Å². The lowest BCUT2D eigenvalue weighted by Crippen LogP contribution is -2.44. The highest BCUT2D eigenvalue weighted by Gasteiger charge is 2.59. The molecule has 2 N–H and O–H groups in total. The van der Waals surface area contributed by atoms with Gasteiger partial charge in [-0.1, -0.05) is 18.2 Å². The summed E-state index contributed by atoms with van der Waals surface area (Å²) in [5.74, 6) is -2.90. The molecule has 2 aliphatic heterocycles. The van der Waals surface area contributed by atoms with Crippen molar-refractivity contribution in [1.82, 2.24) is 0 Å². The molecular formula is C17H19NO4. The average molecular weight is 301 g/mol. The van der Waals surface area contributed by atoms with Gasteiger partial charge in [-0.15, -0.1) is 0 Å². The van der Waals surface area contributed by atoms with Gasteiger partial charge in [0.15, 0.2) is 0 Å². The van der Waals surface area contributed by atoms with Gasteiger partial charge in [0, 0.05) is 5.69 Å². The van der Waals surface area contributed by atoms with Gasteiger partial charge in [-0.3, -0.25) is 9.59 Å². The molecule has 22 heavy (non-hydrogen) atoms. The Morgan fingerprint density at radius 3 is 2.64 bits per heavy atom.